The highest BCUT2D eigenvalue weighted by atomic mass is 16.4. The number of hydrogen-bond acceptors (Lipinski definition) is 2. The second-order valence-electron chi connectivity index (χ2n) is 3.67. The van der Waals surface area contributed by atoms with Crippen LogP contribution >= 0.6 is 0 Å². The highest BCUT2D eigenvalue weighted by Crippen LogP contribution is 2.13. The zero-order chi connectivity index (χ0) is 11.3. The Morgan fingerprint density at radius 2 is 2.00 bits per heavy atom. The van der Waals surface area contributed by atoms with E-state index >= 15 is 0 Å². The second-order valence-corrected chi connectivity index (χ2v) is 3.67. The van der Waals surface area contributed by atoms with Gasteiger partial charge in [0.15, 0.2) is 0 Å². The van der Waals surface area contributed by atoms with Crippen LogP contribution in [-0.2, 0) is 4.79 Å². The Morgan fingerprint density at radius 3 is 2.53 bits per heavy atom. The molecule has 80 valence electrons. The van der Waals surface area contributed by atoms with Crippen molar-refractivity contribution in [2.24, 2.45) is 0 Å². The molecule has 0 amide bonds. The minimum Gasteiger partial charge on any atom is -0.481 e. The van der Waals surface area contributed by atoms with Gasteiger partial charge in [0.1, 0.15) is 0 Å². The van der Waals surface area contributed by atoms with Gasteiger partial charge in [-0.3, -0.25) is 4.79 Å². The van der Waals surface area contributed by atoms with Crippen LogP contribution in [0.25, 0.3) is 6.08 Å². The zero-order valence-corrected chi connectivity index (χ0v) is 8.55. The van der Waals surface area contributed by atoms with Crippen LogP contribution in [0.15, 0.2) is 36.4 Å². The zero-order valence-electron chi connectivity index (χ0n) is 8.55. The van der Waals surface area contributed by atoms with E-state index in [0.717, 1.165) is 5.56 Å². The van der Waals surface area contributed by atoms with Crippen LogP contribution in [0.4, 0.5) is 0 Å². The van der Waals surface area contributed by atoms with Crippen molar-refractivity contribution in [3.8, 4) is 0 Å². The van der Waals surface area contributed by atoms with Gasteiger partial charge in [-0.15, -0.1) is 0 Å². The molecule has 0 aromatic heterocycles. The van der Waals surface area contributed by atoms with Crippen molar-refractivity contribution < 1.29 is 15.0 Å². The summed E-state index contributed by atoms with van der Waals surface area (Å²) in [5.41, 5.74) is -0.370. The standard InChI is InChI=1S/C12H14O3/c1-12(15,9-11(13)14)8-7-10-5-3-2-4-6-10/h2-8,15H,9H2,1H3,(H,13,14)/b8-7+. The predicted molar refractivity (Wildman–Crippen MR) is 58.4 cm³/mol. The van der Waals surface area contributed by atoms with Crippen LogP contribution in [-0.4, -0.2) is 21.8 Å². The van der Waals surface area contributed by atoms with E-state index in [1.54, 1.807) is 6.08 Å². The van der Waals surface area contributed by atoms with E-state index in [1.165, 1.54) is 13.0 Å². The number of aliphatic carboxylic acids is 1. The van der Waals surface area contributed by atoms with Crippen LogP contribution in [0.3, 0.4) is 0 Å². The summed E-state index contributed by atoms with van der Waals surface area (Å²) >= 11 is 0. The predicted octanol–water partition coefficient (Wildman–Crippen LogP) is 1.93. The molecule has 1 aromatic rings. The van der Waals surface area contributed by atoms with E-state index in [4.69, 9.17) is 5.11 Å². The van der Waals surface area contributed by atoms with E-state index in [2.05, 4.69) is 0 Å². The van der Waals surface area contributed by atoms with Gasteiger partial charge in [0, 0.05) is 0 Å². The molecule has 2 N–H and O–H groups in total. The third-order valence-electron chi connectivity index (χ3n) is 1.94. The van der Waals surface area contributed by atoms with Crippen molar-refractivity contribution in [1.29, 1.82) is 0 Å². The van der Waals surface area contributed by atoms with Crippen LogP contribution in [0.1, 0.15) is 18.9 Å². The van der Waals surface area contributed by atoms with Crippen molar-refractivity contribution in [3.63, 3.8) is 0 Å². The Hall–Kier alpha value is -1.61. The molecule has 0 aliphatic carbocycles. The Labute approximate surface area is 88.7 Å². The lowest BCUT2D eigenvalue weighted by atomic mass is 10.0. The number of rotatable bonds is 4. The van der Waals surface area contributed by atoms with E-state index in [9.17, 15) is 9.90 Å². The first kappa shape index (κ1) is 11.5. The molecule has 0 saturated carbocycles. The van der Waals surface area contributed by atoms with Crippen LogP contribution < -0.4 is 0 Å². The maximum atomic E-state index is 10.4. The third kappa shape index (κ3) is 4.42. The van der Waals surface area contributed by atoms with Crippen molar-refractivity contribution in [2.45, 2.75) is 18.9 Å². The molecule has 0 spiro atoms. The van der Waals surface area contributed by atoms with Gasteiger partial charge in [0.25, 0.3) is 0 Å². The summed E-state index contributed by atoms with van der Waals surface area (Å²) in [7, 11) is 0. The molecule has 1 unspecified atom stereocenters. The van der Waals surface area contributed by atoms with Gasteiger partial charge < -0.3 is 10.2 Å². The minimum absolute atomic E-state index is 0.295. The number of carboxylic acid groups (broad SMARTS) is 1. The van der Waals surface area contributed by atoms with Gasteiger partial charge >= 0.3 is 5.97 Å². The van der Waals surface area contributed by atoms with Crippen LogP contribution in [0, 0.1) is 0 Å². The number of benzene rings is 1. The van der Waals surface area contributed by atoms with Gasteiger partial charge in [-0.1, -0.05) is 42.5 Å². The minimum atomic E-state index is -1.30. The molecule has 0 radical (unpaired) electrons. The van der Waals surface area contributed by atoms with Crippen molar-refractivity contribution >= 4 is 12.0 Å². The lowest BCUT2D eigenvalue weighted by Gasteiger charge is -2.15. The first-order valence-electron chi connectivity index (χ1n) is 4.68. The summed E-state index contributed by atoms with van der Waals surface area (Å²) < 4.78 is 0. The summed E-state index contributed by atoms with van der Waals surface area (Å²) in [6, 6.07) is 9.42. The molecular weight excluding hydrogens is 192 g/mol. The largest absolute Gasteiger partial charge is 0.481 e. The number of aliphatic hydroxyl groups is 1. The summed E-state index contributed by atoms with van der Waals surface area (Å²) in [6.45, 7) is 1.47. The second kappa shape index (κ2) is 4.75. The molecule has 0 aliphatic rings. The quantitative estimate of drug-likeness (QED) is 0.791. The van der Waals surface area contributed by atoms with E-state index < -0.39 is 11.6 Å². The summed E-state index contributed by atoms with van der Waals surface area (Å²) in [6.07, 6.45) is 2.91. The van der Waals surface area contributed by atoms with E-state index in [0.29, 0.717) is 0 Å². The van der Waals surface area contributed by atoms with Crippen LogP contribution in [0.2, 0.25) is 0 Å². The molecule has 0 saturated heterocycles. The normalized spacial score (nSPS) is 15.1. The molecule has 15 heavy (non-hydrogen) atoms. The molecule has 3 heteroatoms. The number of carbonyl (C=O) groups is 1. The summed E-state index contributed by atoms with van der Waals surface area (Å²) in [4.78, 5) is 10.4. The Bertz CT molecular complexity index is 352. The third-order valence-corrected chi connectivity index (χ3v) is 1.94. The van der Waals surface area contributed by atoms with Crippen molar-refractivity contribution in [2.75, 3.05) is 0 Å². The number of carboxylic acids is 1. The smallest absolute Gasteiger partial charge is 0.306 e. The van der Waals surface area contributed by atoms with Gasteiger partial charge in [-0.2, -0.15) is 0 Å². The fourth-order valence-electron chi connectivity index (χ4n) is 1.20. The summed E-state index contributed by atoms with van der Waals surface area (Å²) in [5.74, 6) is -1.02. The van der Waals surface area contributed by atoms with Crippen molar-refractivity contribution in [3.05, 3.63) is 42.0 Å². The topological polar surface area (TPSA) is 57.5 Å². The molecule has 0 aliphatic heterocycles. The van der Waals surface area contributed by atoms with Crippen LogP contribution in [0.5, 0.6) is 0 Å². The highest BCUT2D eigenvalue weighted by molar-refractivity contribution is 5.69. The Balaban J connectivity index is 2.68. The first-order valence-corrected chi connectivity index (χ1v) is 4.68. The average molecular weight is 206 g/mol. The van der Waals surface area contributed by atoms with Gasteiger partial charge in [-0.25, -0.2) is 0 Å². The molecule has 1 aromatic carbocycles. The molecule has 1 atom stereocenters. The fraction of sp³-hybridized carbons (Fsp3) is 0.250. The van der Waals surface area contributed by atoms with Gasteiger partial charge in [-0.05, 0) is 12.5 Å². The van der Waals surface area contributed by atoms with Gasteiger partial charge in [0.05, 0.1) is 12.0 Å². The lowest BCUT2D eigenvalue weighted by molar-refractivity contribution is -0.140. The highest BCUT2D eigenvalue weighted by Gasteiger charge is 2.20. The average Bonchev–Trinajstić information content (AvgIpc) is 2.15. The maximum Gasteiger partial charge on any atom is 0.306 e. The maximum absolute atomic E-state index is 10.4. The fourth-order valence-corrected chi connectivity index (χ4v) is 1.20. The van der Waals surface area contributed by atoms with Crippen molar-refractivity contribution in [1.82, 2.24) is 0 Å². The first-order chi connectivity index (χ1) is 6.99. The molecule has 0 bridgehead atoms. The van der Waals surface area contributed by atoms with E-state index in [-0.39, 0.29) is 6.42 Å². The lowest BCUT2D eigenvalue weighted by Crippen LogP contribution is -2.24. The summed E-state index contributed by atoms with van der Waals surface area (Å²) in [5, 5.41) is 18.2. The number of hydrogen-bond donors (Lipinski definition) is 2. The monoisotopic (exact) mass is 206 g/mol. The molecule has 0 fully saturated rings. The Kier molecular flexibility index (Phi) is 3.63. The molecule has 0 heterocycles. The van der Waals surface area contributed by atoms with Gasteiger partial charge in [0.2, 0.25) is 0 Å². The molecule has 1 rings (SSSR count). The SMILES string of the molecule is CC(O)(/C=C/c1ccccc1)CC(=O)O. The molecular formula is C12H14O3. The Morgan fingerprint density at radius 1 is 1.40 bits per heavy atom. The van der Waals surface area contributed by atoms with E-state index in [1.807, 2.05) is 30.3 Å². The molecule has 3 nitrogen and oxygen atoms in total.